The maximum absolute atomic E-state index is 13.7. The Bertz CT molecular complexity index is 1360. The fraction of sp³-hybridized carbons (Fsp3) is 0.296. The number of hydrogen-bond donors (Lipinski definition) is 0. The molecule has 1 aliphatic heterocycles. The van der Waals surface area contributed by atoms with Crippen molar-refractivity contribution in [1.82, 2.24) is 14.9 Å². The molecule has 0 saturated carbocycles. The molecule has 0 radical (unpaired) electrons. The van der Waals surface area contributed by atoms with E-state index in [2.05, 4.69) is 9.97 Å². The summed E-state index contributed by atoms with van der Waals surface area (Å²) in [6.45, 7) is 3.14. The molecular weight excluding hydrogens is 450 g/mol. The number of rotatable bonds is 6. The van der Waals surface area contributed by atoms with Gasteiger partial charge in [-0.25, -0.2) is 8.78 Å². The van der Waals surface area contributed by atoms with Crippen molar-refractivity contribution < 1.29 is 18.4 Å². The first-order chi connectivity index (χ1) is 16.7. The van der Waals surface area contributed by atoms with Crippen molar-refractivity contribution in [1.29, 1.82) is 5.26 Å². The molecule has 0 aliphatic carbocycles. The molecule has 178 valence electrons. The Morgan fingerprint density at radius 1 is 1.20 bits per heavy atom. The molecule has 0 bridgehead atoms. The Morgan fingerprint density at radius 3 is 2.71 bits per heavy atom. The normalized spacial score (nSPS) is 17.4. The second-order valence-electron chi connectivity index (χ2n) is 8.83. The summed E-state index contributed by atoms with van der Waals surface area (Å²) in [6, 6.07) is 11.7. The maximum Gasteiger partial charge on any atom is 0.268 e. The molecule has 1 aromatic carbocycles. The third-order valence-electron chi connectivity index (χ3n) is 6.07. The second-order valence-corrected chi connectivity index (χ2v) is 8.83. The number of carbonyl (C=O) groups excluding carboxylic acids is 2. The summed E-state index contributed by atoms with van der Waals surface area (Å²) in [5, 5.41) is 9.75. The maximum atomic E-state index is 13.7. The summed E-state index contributed by atoms with van der Waals surface area (Å²) < 4.78 is 27.3. The predicted octanol–water partition coefficient (Wildman–Crippen LogP) is 5.22. The van der Waals surface area contributed by atoms with Gasteiger partial charge in [0.1, 0.15) is 6.04 Å². The van der Waals surface area contributed by atoms with Crippen LogP contribution in [0.2, 0.25) is 0 Å². The number of benzene rings is 1. The molecule has 1 saturated heterocycles. The first kappa shape index (κ1) is 24.1. The van der Waals surface area contributed by atoms with E-state index in [1.54, 1.807) is 18.3 Å². The van der Waals surface area contributed by atoms with Gasteiger partial charge in [0.15, 0.2) is 5.78 Å². The number of nitrogens with zero attached hydrogens (tertiary/aromatic N) is 4. The molecule has 0 N–H and O–H groups in total. The Hall–Kier alpha value is -3.99. The van der Waals surface area contributed by atoms with Crippen molar-refractivity contribution in [3.05, 3.63) is 71.2 Å². The highest BCUT2D eigenvalue weighted by Crippen LogP contribution is 2.32. The first-order valence-electron chi connectivity index (χ1n) is 11.3. The highest BCUT2D eigenvalue weighted by atomic mass is 19.3. The Morgan fingerprint density at radius 2 is 2.00 bits per heavy atom. The van der Waals surface area contributed by atoms with Crippen LogP contribution in [0, 0.1) is 18.3 Å². The summed E-state index contributed by atoms with van der Waals surface area (Å²) in [4.78, 5) is 35.1. The number of likely N-dealkylation sites (tertiary alicyclic amines) is 1. The van der Waals surface area contributed by atoms with Gasteiger partial charge in [0, 0.05) is 42.6 Å². The third-order valence-corrected chi connectivity index (χ3v) is 6.07. The van der Waals surface area contributed by atoms with Gasteiger partial charge in [0.05, 0.1) is 23.8 Å². The zero-order chi connectivity index (χ0) is 25.2. The van der Waals surface area contributed by atoms with E-state index in [0.29, 0.717) is 16.5 Å². The Balaban J connectivity index is 1.53. The van der Waals surface area contributed by atoms with Crippen molar-refractivity contribution in [2.75, 3.05) is 6.54 Å². The molecule has 6 nitrogen and oxygen atoms in total. The molecule has 2 aromatic heterocycles. The molecule has 8 heteroatoms. The monoisotopic (exact) mass is 474 g/mol. The summed E-state index contributed by atoms with van der Waals surface area (Å²) in [5.41, 5.74) is 4.79. The largest absolute Gasteiger partial charge is 0.320 e. The fourth-order valence-corrected chi connectivity index (χ4v) is 4.21. The summed E-state index contributed by atoms with van der Waals surface area (Å²) in [5.74, 6) is -3.99. The van der Waals surface area contributed by atoms with E-state index in [1.807, 2.05) is 50.3 Å². The summed E-state index contributed by atoms with van der Waals surface area (Å²) in [6.07, 6.45) is 4.24. The van der Waals surface area contributed by atoms with Gasteiger partial charge in [-0.05, 0) is 60.9 Å². The number of nitriles is 1. The number of carbonyl (C=O) groups is 2. The average molecular weight is 475 g/mol. The number of aryl methyl sites for hydroxylation is 1. The van der Waals surface area contributed by atoms with E-state index in [-0.39, 0.29) is 18.6 Å². The molecule has 1 fully saturated rings. The van der Waals surface area contributed by atoms with Gasteiger partial charge in [0.25, 0.3) is 5.92 Å². The van der Waals surface area contributed by atoms with Crippen LogP contribution in [-0.4, -0.2) is 45.1 Å². The van der Waals surface area contributed by atoms with Gasteiger partial charge in [-0.15, -0.1) is 0 Å². The molecule has 4 rings (SSSR count). The number of allylic oxidation sites excluding steroid dienone is 1. The highest BCUT2D eigenvalue weighted by Gasteiger charge is 2.47. The Labute approximate surface area is 201 Å². The van der Waals surface area contributed by atoms with Gasteiger partial charge >= 0.3 is 0 Å². The number of pyridine rings is 2. The minimum Gasteiger partial charge on any atom is -0.320 e. The number of ketones is 1. The van der Waals surface area contributed by atoms with Crippen molar-refractivity contribution in [2.24, 2.45) is 0 Å². The van der Waals surface area contributed by atoms with Crippen molar-refractivity contribution in [2.45, 2.75) is 45.1 Å². The minimum absolute atomic E-state index is 0.148. The lowest BCUT2D eigenvalue weighted by Gasteiger charge is -2.18. The summed E-state index contributed by atoms with van der Waals surface area (Å²) >= 11 is 0. The van der Waals surface area contributed by atoms with E-state index < -0.39 is 30.8 Å². The van der Waals surface area contributed by atoms with Crippen LogP contribution < -0.4 is 0 Å². The first-order valence-corrected chi connectivity index (χ1v) is 11.3. The van der Waals surface area contributed by atoms with E-state index in [0.717, 1.165) is 27.3 Å². The topological polar surface area (TPSA) is 87.0 Å². The van der Waals surface area contributed by atoms with Crippen LogP contribution in [0.25, 0.3) is 22.6 Å². The lowest BCUT2D eigenvalue weighted by molar-refractivity contribution is -0.132. The van der Waals surface area contributed by atoms with Crippen LogP contribution in [0.1, 0.15) is 53.4 Å². The third kappa shape index (κ3) is 5.40. The lowest BCUT2D eigenvalue weighted by atomic mass is 9.99. The van der Waals surface area contributed by atoms with Crippen molar-refractivity contribution in [3.8, 4) is 6.07 Å². The quantitative estimate of drug-likeness (QED) is 0.457. The van der Waals surface area contributed by atoms with Gasteiger partial charge in [-0.3, -0.25) is 19.6 Å². The van der Waals surface area contributed by atoms with Gasteiger partial charge in [-0.2, -0.15) is 5.26 Å². The molecule has 35 heavy (non-hydrogen) atoms. The molecular formula is C27H24F2N4O2. The number of amides is 1. The fourth-order valence-electron chi connectivity index (χ4n) is 4.21. The number of alkyl halides is 2. The van der Waals surface area contributed by atoms with Gasteiger partial charge in [-0.1, -0.05) is 12.1 Å². The van der Waals surface area contributed by atoms with Crippen molar-refractivity contribution >= 4 is 34.2 Å². The van der Waals surface area contributed by atoms with E-state index >= 15 is 0 Å². The number of aromatic nitrogens is 2. The molecule has 3 aromatic rings. The van der Waals surface area contributed by atoms with Crippen molar-refractivity contribution in [3.63, 3.8) is 0 Å². The zero-order valence-electron chi connectivity index (χ0n) is 19.5. The number of fused-ring (bicyclic) bond motifs is 1. The molecule has 3 heterocycles. The standard InChI is InChI=1S/C27H24F2N4O2/c1-17-3-5-23(32-15-17)18(2)11-19-4-6-24-22(12-19)21(9-10-31-24)25(34)7-8-26(35)33-16-27(28,29)13-20(33)14-30/h3-6,9-12,15,20H,7-8,13,16H2,1-2H3/b18-11+/t20-/m0/s1. The van der Waals surface area contributed by atoms with E-state index in [9.17, 15) is 18.4 Å². The van der Waals surface area contributed by atoms with Crippen LogP contribution in [0.15, 0.2) is 48.8 Å². The Kier molecular flexibility index (Phi) is 6.70. The zero-order valence-corrected chi connectivity index (χ0v) is 19.5. The number of hydrogen-bond acceptors (Lipinski definition) is 5. The average Bonchev–Trinajstić information content (AvgIpc) is 3.17. The van der Waals surface area contributed by atoms with Crippen LogP contribution >= 0.6 is 0 Å². The molecule has 0 unspecified atom stereocenters. The van der Waals surface area contributed by atoms with Gasteiger partial charge in [0.2, 0.25) is 5.91 Å². The number of halogens is 2. The van der Waals surface area contributed by atoms with E-state index in [4.69, 9.17) is 5.26 Å². The minimum atomic E-state index is -3.09. The molecule has 1 atom stereocenters. The predicted molar refractivity (Wildman–Crippen MR) is 129 cm³/mol. The van der Waals surface area contributed by atoms with E-state index in [1.165, 1.54) is 6.20 Å². The van der Waals surface area contributed by atoms with Crippen LogP contribution in [0.5, 0.6) is 0 Å². The van der Waals surface area contributed by atoms with Gasteiger partial charge < -0.3 is 4.90 Å². The SMILES string of the molecule is C/C(=C\c1ccc2nccc(C(=O)CCC(=O)N3CC(F)(F)C[C@H]3C#N)c2c1)c1ccc(C)cn1. The summed E-state index contributed by atoms with van der Waals surface area (Å²) in [7, 11) is 0. The molecule has 1 aliphatic rings. The highest BCUT2D eigenvalue weighted by molar-refractivity contribution is 6.08. The number of Topliss-reactive ketones (excluding diaryl/α,β-unsaturated/α-hetero) is 1. The molecule has 0 spiro atoms. The lowest BCUT2D eigenvalue weighted by Crippen LogP contribution is -2.36. The smallest absolute Gasteiger partial charge is 0.268 e. The molecule has 1 amide bonds. The van der Waals surface area contributed by atoms with Crippen LogP contribution in [0.3, 0.4) is 0 Å². The second kappa shape index (κ2) is 9.71. The van der Waals surface area contributed by atoms with Crippen LogP contribution in [0.4, 0.5) is 8.78 Å². The van der Waals surface area contributed by atoms with Crippen LogP contribution in [-0.2, 0) is 4.79 Å².